The Labute approximate surface area is 96.8 Å². The number of ketones is 3. The molecule has 0 saturated heterocycles. The topological polar surface area (TPSA) is 136 Å². The third-order valence-corrected chi connectivity index (χ3v) is 1.65. The molecule has 0 unspecified atom stereocenters. The third-order valence-electron chi connectivity index (χ3n) is 1.40. The molecule has 8 heteroatoms. The van der Waals surface area contributed by atoms with Crippen LogP contribution in [0.1, 0.15) is 6.42 Å². The van der Waals surface area contributed by atoms with E-state index in [4.69, 9.17) is 15.9 Å². The summed E-state index contributed by atoms with van der Waals surface area (Å²) in [4.78, 5) is 42.9. The van der Waals surface area contributed by atoms with Gasteiger partial charge in [0, 0.05) is 0 Å². The predicted octanol–water partition coefficient (Wildman–Crippen LogP) is -1.29. The Balaban J connectivity index is 4.61. The number of aliphatic carboxylic acids is 1. The van der Waals surface area contributed by atoms with E-state index in [1.165, 1.54) is 0 Å². The fraction of sp³-hybridized carbons (Fsp3) is 0.125. The quantitative estimate of drug-likeness (QED) is 0.312. The molecule has 0 atom stereocenters. The number of Topliss-reactive ketones (excluding diaryl/α,β-unsaturated/α-hetero) is 3. The third kappa shape index (κ3) is 3.70. The van der Waals surface area contributed by atoms with Gasteiger partial charge >= 0.3 is 96.4 Å². The van der Waals surface area contributed by atoms with Crippen LogP contribution in [0, 0.1) is 15.5 Å². The monoisotopic (exact) mass is 265 g/mol. The van der Waals surface area contributed by atoms with Crippen molar-refractivity contribution in [3.05, 3.63) is 0 Å². The molecule has 0 aromatic heterocycles. The minimum atomic E-state index is -1.77. The van der Waals surface area contributed by atoms with Crippen molar-refractivity contribution in [2.24, 2.45) is 0 Å². The van der Waals surface area contributed by atoms with E-state index in [9.17, 15) is 19.2 Å². The van der Waals surface area contributed by atoms with Crippen LogP contribution >= 0.6 is 0 Å². The molecule has 0 aliphatic heterocycles. The van der Waals surface area contributed by atoms with Gasteiger partial charge < -0.3 is 0 Å². The van der Waals surface area contributed by atoms with Gasteiger partial charge in [0.2, 0.25) is 0 Å². The van der Waals surface area contributed by atoms with Gasteiger partial charge in [0.25, 0.3) is 0 Å². The molecule has 0 aromatic rings. The Morgan fingerprint density at radius 1 is 1.06 bits per heavy atom. The van der Waals surface area contributed by atoms with Crippen LogP contribution in [0.15, 0.2) is 0 Å². The van der Waals surface area contributed by atoms with E-state index in [1.54, 1.807) is 4.73 Å². The number of nitrogens with one attached hydrogen (secondary N) is 2. The van der Waals surface area contributed by atoms with Crippen LogP contribution in [0.3, 0.4) is 0 Å². The van der Waals surface area contributed by atoms with Crippen molar-refractivity contribution in [3.8, 4) is 4.73 Å². The van der Waals surface area contributed by atoms with Gasteiger partial charge in [-0.2, -0.15) is 0 Å². The average Bonchev–Trinajstić information content (AvgIpc) is 2.25. The first-order valence-electron chi connectivity index (χ1n) is 3.67. The summed E-state index contributed by atoms with van der Waals surface area (Å²) in [5, 5.41) is 22.0. The van der Waals surface area contributed by atoms with Crippen molar-refractivity contribution < 1.29 is 39.7 Å². The van der Waals surface area contributed by atoms with Crippen molar-refractivity contribution in [1.29, 1.82) is 10.8 Å². The van der Waals surface area contributed by atoms with Gasteiger partial charge in [-0.3, -0.25) is 0 Å². The molecular formula is C8H5FeN2O5. The van der Waals surface area contributed by atoms with Gasteiger partial charge in [-0.1, -0.05) is 0 Å². The first kappa shape index (κ1) is 14.1. The number of carbonyl (C=O) groups is 4. The Bertz CT molecular complexity index is 460. The van der Waals surface area contributed by atoms with E-state index in [1.807, 2.05) is 0 Å². The molecule has 7 nitrogen and oxygen atoms in total. The summed E-state index contributed by atoms with van der Waals surface area (Å²) in [6.07, 6.45) is -1.00. The van der Waals surface area contributed by atoms with Crippen molar-refractivity contribution in [3.63, 3.8) is 0 Å². The van der Waals surface area contributed by atoms with Crippen LogP contribution in [-0.2, 0) is 34.6 Å². The molecule has 85 valence electrons. The Kier molecular flexibility index (Phi) is 5.18. The summed E-state index contributed by atoms with van der Waals surface area (Å²) >= 11 is 2.92. The molecule has 0 aliphatic rings. The minimum absolute atomic E-state index is 1.00. The molecule has 0 heterocycles. The first-order valence-corrected chi connectivity index (χ1v) is 4.23. The van der Waals surface area contributed by atoms with Crippen LogP contribution in [0.5, 0.6) is 0 Å². The van der Waals surface area contributed by atoms with Gasteiger partial charge in [0.05, 0.1) is 0 Å². The number of carboxylic acids is 1. The van der Waals surface area contributed by atoms with Gasteiger partial charge in [0.15, 0.2) is 0 Å². The van der Waals surface area contributed by atoms with Gasteiger partial charge in [-0.05, 0) is 0 Å². The molecule has 0 fully saturated rings. The van der Waals surface area contributed by atoms with E-state index in [0.29, 0.717) is 0 Å². The van der Waals surface area contributed by atoms with E-state index in [-0.39, 0.29) is 0 Å². The Hall–Kier alpha value is -1.88. The van der Waals surface area contributed by atoms with Gasteiger partial charge in [0.1, 0.15) is 0 Å². The molecule has 0 aromatic carbocycles. The molecule has 0 spiro atoms. The molecule has 3 N–H and O–H groups in total. The van der Waals surface area contributed by atoms with Crippen LogP contribution in [0.25, 0.3) is 0 Å². The van der Waals surface area contributed by atoms with E-state index in [2.05, 4.69) is 15.4 Å². The molecule has 0 amide bonds. The second-order valence-corrected chi connectivity index (χ2v) is 2.77. The van der Waals surface area contributed by atoms with Crippen LogP contribution in [0.2, 0.25) is 0 Å². The fourth-order valence-corrected chi connectivity index (χ4v) is 0.751. The normalized spacial score (nSPS) is 8.75. The van der Waals surface area contributed by atoms with E-state index >= 15 is 0 Å². The predicted molar refractivity (Wildman–Crippen MR) is 46.6 cm³/mol. The molecule has 0 bridgehead atoms. The molecule has 16 heavy (non-hydrogen) atoms. The SMILES string of the molecule is N=C(C(=O)O)C(=O)CC(=O)C(=N)C(=O)[C]#[Fe]. The molecule has 0 radical (unpaired) electrons. The number of carboxylic acid groups (broad SMARTS) is 1. The summed E-state index contributed by atoms with van der Waals surface area (Å²) in [5.41, 5.74) is -2.28. The van der Waals surface area contributed by atoms with Crippen molar-refractivity contribution in [2.75, 3.05) is 0 Å². The number of hydrogen-bond donors (Lipinski definition) is 3. The van der Waals surface area contributed by atoms with Crippen LogP contribution in [0.4, 0.5) is 0 Å². The van der Waals surface area contributed by atoms with Gasteiger partial charge in [-0.25, -0.2) is 0 Å². The standard InChI is InChI=1S/C8H5N2O5.Fe/c1-3(11)6(9)4(12)2-5(13)7(10)8(14)15;/h9-10H,2H2,(H,14,15);. The zero-order valence-corrected chi connectivity index (χ0v) is 8.75. The second kappa shape index (κ2) is 5.87. The van der Waals surface area contributed by atoms with Crippen molar-refractivity contribution >= 4 is 34.7 Å². The first-order chi connectivity index (χ1) is 7.31. The maximum atomic E-state index is 11.1. The second-order valence-electron chi connectivity index (χ2n) is 2.50. The molecule has 0 rings (SSSR count). The Morgan fingerprint density at radius 3 is 1.88 bits per heavy atom. The summed E-state index contributed by atoms with van der Waals surface area (Å²) in [6, 6.07) is 0. The van der Waals surface area contributed by atoms with Crippen molar-refractivity contribution in [2.45, 2.75) is 6.42 Å². The number of hydrogen-bond acceptors (Lipinski definition) is 6. The summed E-state index contributed by atoms with van der Waals surface area (Å²) < 4.78 is 1.76. The van der Waals surface area contributed by atoms with Crippen LogP contribution < -0.4 is 0 Å². The average molecular weight is 265 g/mol. The zero-order chi connectivity index (χ0) is 12.9. The molecule has 0 saturated carbocycles. The number of rotatable bonds is 6. The van der Waals surface area contributed by atoms with Crippen molar-refractivity contribution in [1.82, 2.24) is 0 Å². The zero-order valence-electron chi connectivity index (χ0n) is 7.64. The van der Waals surface area contributed by atoms with Gasteiger partial charge in [-0.15, -0.1) is 0 Å². The van der Waals surface area contributed by atoms with E-state index in [0.717, 1.165) is 0 Å². The van der Waals surface area contributed by atoms with E-state index < -0.39 is 41.2 Å². The molecule has 0 aliphatic carbocycles. The summed E-state index contributed by atoms with van der Waals surface area (Å²) in [7, 11) is 0. The van der Waals surface area contributed by atoms with Crippen LogP contribution in [-0.4, -0.2) is 39.8 Å². The Morgan fingerprint density at radius 2 is 1.50 bits per heavy atom. The summed E-state index contributed by atoms with van der Waals surface area (Å²) in [5.74, 6) is -5.29. The number of carbonyl (C=O) groups excluding carboxylic acids is 3. The maximum absolute atomic E-state index is 11.1. The molecular weight excluding hydrogens is 260 g/mol. The fourth-order valence-electron chi connectivity index (χ4n) is 0.613. The summed E-state index contributed by atoms with van der Waals surface area (Å²) in [6.45, 7) is 0.